The van der Waals surface area contributed by atoms with Gasteiger partial charge in [-0.2, -0.15) is 4.98 Å². The number of rotatable bonds is 3. The van der Waals surface area contributed by atoms with E-state index in [1.54, 1.807) is 0 Å². The summed E-state index contributed by atoms with van der Waals surface area (Å²) >= 11 is 0. The number of nitrogens with two attached hydrogens (primary N) is 1. The molecule has 0 aromatic carbocycles. The fourth-order valence-corrected chi connectivity index (χ4v) is 1.99. The molecular weight excluding hydrogens is 242 g/mol. The Bertz CT molecular complexity index is 477. The van der Waals surface area contributed by atoms with Crippen LogP contribution < -0.4 is 11.3 Å². The third kappa shape index (κ3) is 2.10. The van der Waals surface area contributed by atoms with Gasteiger partial charge in [0.15, 0.2) is 6.23 Å². The Morgan fingerprint density at radius 2 is 2.39 bits per heavy atom. The Kier molecular flexibility index (Phi) is 3.62. The summed E-state index contributed by atoms with van der Waals surface area (Å²) in [6.45, 7) is -0.342. The predicted octanol–water partition coefficient (Wildman–Crippen LogP) is -1.91. The van der Waals surface area contributed by atoms with Crippen molar-refractivity contribution in [3.05, 3.63) is 22.6 Å². The summed E-state index contributed by atoms with van der Waals surface area (Å²) in [7, 11) is 1.41. The van der Waals surface area contributed by atoms with Crippen molar-refractivity contribution in [3.63, 3.8) is 0 Å². The number of methoxy groups -OCH3 is 1. The van der Waals surface area contributed by atoms with Crippen LogP contribution in [0.15, 0.2) is 17.1 Å². The predicted molar refractivity (Wildman–Crippen MR) is 60.7 cm³/mol. The van der Waals surface area contributed by atoms with E-state index >= 15 is 0 Å². The van der Waals surface area contributed by atoms with E-state index in [-0.39, 0.29) is 12.6 Å². The minimum atomic E-state index is -0.983. The second-order valence-electron chi connectivity index (χ2n) is 3.97. The zero-order valence-electron chi connectivity index (χ0n) is 9.76. The molecular formula is C10H15N3O5. The molecule has 4 atom stereocenters. The van der Waals surface area contributed by atoms with E-state index in [0.29, 0.717) is 0 Å². The van der Waals surface area contributed by atoms with Crippen LogP contribution in [0.3, 0.4) is 0 Å². The third-order valence-electron chi connectivity index (χ3n) is 2.91. The molecule has 4 N–H and O–H groups in total. The molecule has 1 fully saturated rings. The molecule has 0 bridgehead atoms. The SMILES string of the molecule is CO[C@@H]1[C@H](O)[C@@H](CO)O[C@H]1n1ccc(=O)nc1N. The summed E-state index contributed by atoms with van der Waals surface area (Å²) in [5.74, 6) is -0.0414. The second-order valence-corrected chi connectivity index (χ2v) is 3.97. The number of nitrogens with zero attached hydrogens (tertiary/aromatic N) is 2. The van der Waals surface area contributed by atoms with E-state index < -0.39 is 30.1 Å². The van der Waals surface area contributed by atoms with E-state index in [2.05, 4.69) is 4.98 Å². The van der Waals surface area contributed by atoms with Gasteiger partial charge in [-0.15, -0.1) is 0 Å². The van der Waals surface area contributed by atoms with E-state index in [0.717, 1.165) is 0 Å². The molecule has 0 amide bonds. The zero-order chi connectivity index (χ0) is 13.3. The van der Waals surface area contributed by atoms with Crippen LogP contribution in [0.2, 0.25) is 0 Å². The van der Waals surface area contributed by atoms with Gasteiger partial charge in [0, 0.05) is 19.4 Å². The van der Waals surface area contributed by atoms with Gasteiger partial charge < -0.3 is 25.4 Å². The molecule has 100 valence electrons. The number of anilines is 1. The van der Waals surface area contributed by atoms with Gasteiger partial charge in [0.1, 0.15) is 18.3 Å². The largest absolute Gasteiger partial charge is 0.394 e. The molecule has 0 radical (unpaired) electrons. The first-order valence-corrected chi connectivity index (χ1v) is 5.40. The van der Waals surface area contributed by atoms with Crippen LogP contribution in [0.5, 0.6) is 0 Å². The average molecular weight is 257 g/mol. The van der Waals surface area contributed by atoms with Crippen molar-refractivity contribution in [2.75, 3.05) is 19.5 Å². The first-order chi connectivity index (χ1) is 8.58. The van der Waals surface area contributed by atoms with E-state index in [4.69, 9.17) is 20.3 Å². The summed E-state index contributed by atoms with van der Waals surface area (Å²) in [5.41, 5.74) is 5.16. The maximum absolute atomic E-state index is 11.0. The number of hydrogen-bond acceptors (Lipinski definition) is 7. The Morgan fingerprint density at radius 1 is 1.67 bits per heavy atom. The fourth-order valence-electron chi connectivity index (χ4n) is 1.99. The highest BCUT2D eigenvalue weighted by atomic mass is 16.6. The van der Waals surface area contributed by atoms with E-state index in [1.165, 1.54) is 23.9 Å². The number of aliphatic hydroxyl groups is 2. The summed E-state index contributed by atoms with van der Waals surface area (Å²) in [5, 5.41) is 19.0. The van der Waals surface area contributed by atoms with Crippen LogP contribution in [0.4, 0.5) is 5.95 Å². The number of nitrogen functional groups attached to an aromatic ring is 1. The number of hydrogen-bond donors (Lipinski definition) is 3. The lowest BCUT2D eigenvalue weighted by atomic mass is 10.1. The molecule has 1 aromatic rings. The van der Waals surface area contributed by atoms with E-state index in [9.17, 15) is 9.90 Å². The van der Waals surface area contributed by atoms with Gasteiger partial charge >= 0.3 is 0 Å². The Morgan fingerprint density at radius 3 is 2.94 bits per heavy atom. The van der Waals surface area contributed by atoms with Crippen molar-refractivity contribution in [2.24, 2.45) is 0 Å². The molecule has 0 spiro atoms. The normalized spacial score (nSPS) is 31.7. The molecule has 0 aliphatic carbocycles. The molecule has 2 rings (SSSR count). The highest BCUT2D eigenvalue weighted by Gasteiger charge is 2.44. The number of ether oxygens (including phenoxy) is 2. The van der Waals surface area contributed by atoms with Gasteiger partial charge in [-0.05, 0) is 0 Å². The molecule has 2 heterocycles. The monoisotopic (exact) mass is 257 g/mol. The molecule has 0 unspecified atom stereocenters. The van der Waals surface area contributed by atoms with Gasteiger partial charge in [-0.1, -0.05) is 0 Å². The first-order valence-electron chi connectivity index (χ1n) is 5.40. The van der Waals surface area contributed by atoms with Crippen molar-refractivity contribution in [3.8, 4) is 0 Å². The highest BCUT2D eigenvalue weighted by Crippen LogP contribution is 2.31. The number of aromatic nitrogens is 2. The smallest absolute Gasteiger partial charge is 0.274 e. The minimum absolute atomic E-state index is 0.0414. The van der Waals surface area contributed by atoms with Gasteiger partial charge in [-0.3, -0.25) is 9.36 Å². The molecule has 8 heteroatoms. The van der Waals surface area contributed by atoms with Crippen molar-refractivity contribution in [1.82, 2.24) is 9.55 Å². The summed E-state index contributed by atoms with van der Waals surface area (Å²) < 4.78 is 12.0. The first kappa shape index (κ1) is 13.0. The molecule has 8 nitrogen and oxygen atoms in total. The molecule has 18 heavy (non-hydrogen) atoms. The molecule has 1 aromatic heterocycles. The quantitative estimate of drug-likeness (QED) is 0.578. The lowest BCUT2D eigenvalue weighted by Gasteiger charge is -2.22. The van der Waals surface area contributed by atoms with Crippen LogP contribution in [0, 0.1) is 0 Å². The van der Waals surface area contributed by atoms with Crippen LogP contribution in [-0.2, 0) is 9.47 Å². The van der Waals surface area contributed by atoms with Gasteiger partial charge in [-0.25, -0.2) is 0 Å². The van der Waals surface area contributed by atoms with Gasteiger partial charge in [0.05, 0.1) is 6.61 Å². The average Bonchev–Trinajstić information content (AvgIpc) is 2.65. The Hall–Kier alpha value is -1.48. The lowest BCUT2D eigenvalue weighted by Crippen LogP contribution is -2.35. The third-order valence-corrected chi connectivity index (χ3v) is 2.91. The number of aliphatic hydroxyl groups excluding tert-OH is 2. The Labute approximate surface area is 103 Å². The minimum Gasteiger partial charge on any atom is -0.394 e. The standard InChI is InChI=1S/C10H15N3O5/c1-17-8-7(16)5(4-14)18-9(8)13-3-2-6(15)12-10(13)11/h2-3,5,7-9,14,16H,4H2,1H3,(H2,11,12,15)/t5-,7-,8-,9-/m1/s1. The van der Waals surface area contributed by atoms with E-state index in [1.807, 2.05) is 0 Å². The maximum Gasteiger partial charge on any atom is 0.274 e. The zero-order valence-corrected chi connectivity index (χ0v) is 9.76. The van der Waals surface area contributed by atoms with Crippen LogP contribution >= 0.6 is 0 Å². The lowest BCUT2D eigenvalue weighted by molar-refractivity contribution is -0.0596. The van der Waals surface area contributed by atoms with Crippen LogP contribution in [0.1, 0.15) is 6.23 Å². The summed E-state index contributed by atoms with van der Waals surface area (Å²) in [6.07, 6.45) is -1.78. The molecule has 0 saturated carbocycles. The summed E-state index contributed by atoms with van der Waals surface area (Å²) in [4.78, 5) is 14.6. The Balaban J connectivity index is 2.34. The maximum atomic E-state index is 11.0. The van der Waals surface area contributed by atoms with Crippen LogP contribution in [-0.4, -0.2) is 51.8 Å². The van der Waals surface area contributed by atoms with Crippen molar-refractivity contribution < 1.29 is 19.7 Å². The van der Waals surface area contributed by atoms with Crippen molar-refractivity contribution >= 4 is 5.95 Å². The molecule has 1 aliphatic rings. The molecule has 1 aliphatic heterocycles. The second kappa shape index (κ2) is 5.02. The fraction of sp³-hybridized carbons (Fsp3) is 0.600. The summed E-state index contributed by atoms with van der Waals surface area (Å²) in [6, 6.07) is 1.23. The van der Waals surface area contributed by atoms with Crippen molar-refractivity contribution in [1.29, 1.82) is 0 Å². The van der Waals surface area contributed by atoms with Gasteiger partial charge in [0.25, 0.3) is 5.56 Å². The van der Waals surface area contributed by atoms with Crippen LogP contribution in [0.25, 0.3) is 0 Å². The topological polar surface area (TPSA) is 120 Å². The van der Waals surface area contributed by atoms with Crippen molar-refractivity contribution in [2.45, 2.75) is 24.5 Å². The molecule has 1 saturated heterocycles. The highest BCUT2D eigenvalue weighted by molar-refractivity contribution is 5.18. The van der Waals surface area contributed by atoms with Gasteiger partial charge in [0.2, 0.25) is 5.95 Å².